The average Bonchev–Trinajstić information content (AvgIpc) is 3.03. The number of esters is 1. The number of hydrogen-bond donors (Lipinski definition) is 2. The highest BCUT2D eigenvalue weighted by atomic mass is 35.5. The Morgan fingerprint density at radius 1 is 1.10 bits per heavy atom. The highest BCUT2D eigenvalue weighted by molar-refractivity contribution is 6.20. The maximum Gasteiger partial charge on any atom is 0.302 e. The Balaban J connectivity index is 1.47. The molecule has 2 bridgehead atoms. The molecule has 0 amide bonds. The third kappa shape index (κ3) is 2.61. The van der Waals surface area contributed by atoms with Crippen molar-refractivity contribution in [3.05, 3.63) is 0 Å². The van der Waals surface area contributed by atoms with Gasteiger partial charge < -0.3 is 14.9 Å². The molecule has 0 spiro atoms. The number of carbonyl (C=O) groups excluding carboxylic acids is 1. The molecule has 0 aromatic carbocycles. The minimum absolute atomic E-state index is 0.0300. The molecule has 0 aromatic rings. The second-order valence-electron chi connectivity index (χ2n) is 11.5. The predicted molar refractivity (Wildman–Crippen MR) is 111 cm³/mol. The number of carbonyl (C=O) groups is 1. The van der Waals surface area contributed by atoms with Crippen LogP contribution in [0.15, 0.2) is 0 Å². The Hall–Kier alpha value is -0.320. The molecule has 5 fully saturated rings. The molecule has 11 atom stereocenters. The first kappa shape index (κ1) is 20.6. The summed E-state index contributed by atoms with van der Waals surface area (Å²) in [5, 5.41) is 22.9. The summed E-state index contributed by atoms with van der Waals surface area (Å²) in [4.78, 5) is 11.6. The molecule has 29 heavy (non-hydrogen) atoms. The second kappa shape index (κ2) is 6.59. The van der Waals surface area contributed by atoms with Gasteiger partial charge in [0.1, 0.15) is 6.10 Å². The van der Waals surface area contributed by atoms with Gasteiger partial charge in [0, 0.05) is 29.6 Å². The number of aliphatic hydroxyl groups excluding tert-OH is 1. The van der Waals surface area contributed by atoms with Gasteiger partial charge in [0.05, 0.1) is 11.7 Å². The molecule has 0 heterocycles. The summed E-state index contributed by atoms with van der Waals surface area (Å²) >= 11 is 6.53. The Labute approximate surface area is 179 Å². The summed E-state index contributed by atoms with van der Waals surface area (Å²) in [6.45, 7) is 6.01. The van der Waals surface area contributed by atoms with Crippen LogP contribution in [0.2, 0.25) is 0 Å². The fraction of sp³-hybridized carbons (Fsp3) is 0.958. The summed E-state index contributed by atoms with van der Waals surface area (Å²) in [7, 11) is 0. The van der Waals surface area contributed by atoms with Crippen LogP contribution in [0.25, 0.3) is 0 Å². The van der Waals surface area contributed by atoms with Gasteiger partial charge in [0.25, 0.3) is 0 Å². The smallest absolute Gasteiger partial charge is 0.302 e. The van der Waals surface area contributed by atoms with Crippen molar-refractivity contribution in [2.45, 2.75) is 102 Å². The van der Waals surface area contributed by atoms with Crippen molar-refractivity contribution in [2.75, 3.05) is 0 Å². The predicted octanol–water partition coefficient (Wildman–Crippen LogP) is 4.29. The van der Waals surface area contributed by atoms with Crippen molar-refractivity contribution in [3.63, 3.8) is 0 Å². The van der Waals surface area contributed by atoms with Crippen LogP contribution in [0.5, 0.6) is 0 Å². The Morgan fingerprint density at radius 2 is 1.86 bits per heavy atom. The summed E-state index contributed by atoms with van der Waals surface area (Å²) in [6, 6.07) is 0. The molecular formula is C24H37ClO4. The van der Waals surface area contributed by atoms with Gasteiger partial charge in [0.2, 0.25) is 0 Å². The molecule has 5 aliphatic rings. The van der Waals surface area contributed by atoms with Crippen molar-refractivity contribution in [3.8, 4) is 0 Å². The first-order valence-electron chi connectivity index (χ1n) is 11.8. The molecular weight excluding hydrogens is 388 g/mol. The van der Waals surface area contributed by atoms with Crippen LogP contribution in [0.1, 0.15) is 78.6 Å². The lowest BCUT2D eigenvalue weighted by molar-refractivity contribution is -0.214. The van der Waals surface area contributed by atoms with E-state index in [0.29, 0.717) is 30.1 Å². The lowest BCUT2D eigenvalue weighted by atomic mass is 9.43. The zero-order valence-corrected chi connectivity index (χ0v) is 18.8. The average molecular weight is 425 g/mol. The van der Waals surface area contributed by atoms with Crippen LogP contribution in [-0.2, 0) is 9.53 Å². The number of alkyl halides is 1. The van der Waals surface area contributed by atoms with E-state index in [2.05, 4.69) is 13.8 Å². The molecule has 0 aromatic heterocycles. The molecule has 5 saturated carbocycles. The molecule has 5 heteroatoms. The third-order valence-corrected chi connectivity index (χ3v) is 11.0. The summed E-state index contributed by atoms with van der Waals surface area (Å²) < 4.78 is 5.63. The van der Waals surface area contributed by atoms with Gasteiger partial charge in [-0.15, -0.1) is 11.6 Å². The Kier molecular flexibility index (Phi) is 4.68. The number of ether oxygens (including phenoxy) is 1. The van der Waals surface area contributed by atoms with Crippen LogP contribution in [-0.4, -0.2) is 39.4 Å². The fourth-order valence-corrected chi connectivity index (χ4v) is 10.0. The van der Waals surface area contributed by atoms with E-state index in [1.807, 2.05) is 0 Å². The van der Waals surface area contributed by atoms with Crippen molar-refractivity contribution in [1.29, 1.82) is 0 Å². The minimum atomic E-state index is -0.783. The van der Waals surface area contributed by atoms with Crippen LogP contribution < -0.4 is 0 Å². The molecule has 0 aliphatic heterocycles. The SMILES string of the molecule is CC(=O)OC(C)[C@H]1CC[C@H]2[C@@H]3C[C@H]4[C@H](O)C[C@@]5(CC[C@H](Cl)C[C@]45O)[C@H]3CC[C@]12C. The zero-order chi connectivity index (χ0) is 20.8. The number of aliphatic hydroxyl groups is 2. The molecule has 0 radical (unpaired) electrons. The van der Waals surface area contributed by atoms with Crippen molar-refractivity contribution < 1.29 is 19.7 Å². The maximum absolute atomic E-state index is 11.9. The van der Waals surface area contributed by atoms with Crippen LogP contribution in [0.3, 0.4) is 0 Å². The highest BCUT2D eigenvalue weighted by Gasteiger charge is 2.73. The Bertz CT molecular complexity index is 698. The van der Waals surface area contributed by atoms with E-state index in [1.165, 1.54) is 13.3 Å². The number of rotatable bonds is 2. The second-order valence-corrected chi connectivity index (χ2v) is 12.1. The van der Waals surface area contributed by atoms with Gasteiger partial charge in [-0.25, -0.2) is 0 Å². The highest BCUT2D eigenvalue weighted by Crippen LogP contribution is 2.74. The van der Waals surface area contributed by atoms with Crippen LogP contribution in [0.4, 0.5) is 0 Å². The van der Waals surface area contributed by atoms with Gasteiger partial charge in [-0.3, -0.25) is 4.79 Å². The lowest BCUT2D eigenvalue weighted by Crippen LogP contribution is -2.64. The molecule has 1 unspecified atom stereocenters. The van der Waals surface area contributed by atoms with Crippen molar-refractivity contribution >= 4 is 17.6 Å². The first-order valence-corrected chi connectivity index (χ1v) is 12.3. The lowest BCUT2D eigenvalue weighted by Gasteiger charge is -2.63. The summed E-state index contributed by atoms with van der Waals surface area (Å²) in [5.41, 5.74) is -0.739. The number of fused-ring (bicyclic) bond motifs is 3. The Morgan fingerprint density at radius 3 is 2.59 bits per heavy atom. The molecule has 0 saturated heterocycles. The number of hydrogen-bond acceptors (Lipinski definition) is 4. The van der Waals surface area contributed by atoms with Crippen molar-refractivity contribution in [1.82, 2.24) is 0 Å². The quantitative estimate of drug-likeness (QED) is 0.512. The van der Waals surface area contributed by atoms with E-state index >= 15 is 0 Å². The fourth-order valence-electron chi connectivity index (χ4n) is 9.67. The third-order valence-electron chi connectivity index (χ3n) is 10.6. The van der Waals surface area contributed by atoms with E-state index in [-0.39, 0.29) is 34.2 Å². The van der Waals surface area contributed by atoms with Gasteiger partial charge in [-0.2, -0.15) is 0 Å². The van der Waals surface area contributed by atoms with E-state index in [9.17, 15) is 15.0 Å². The topological polar surface area (TPSA) is 66.8 Å². The van der Waals surface area contributed by atoms with E-state index < -0.39 is 11.7 Å². The van der Waals surface area contributed by atoms with E-state index in [4.69, 9.17) is 16.3 Å². The van der Waals surface area contributed by atoms with Gasteiger partial charge >= 0.3 is 5.97 Å². The zero-order valence-electron chi connectivity index (χ0n) is 18.1. The van der Waals surface area contributed by atoms with Gasteiger partial charge in [-0.05, 0) is 87.9 Å². The van der Waals surface area contributed by atoms with Crippen LogP contribution >= 0.6 is 11.6 Å². The maximum atomic E-state index is 11.9. The van der Waals surface area contributed by atoms with Gasteiger partial charge in [-0.1, -0.05) is 6.92 Å². The summed E-state index contributed by atoms with van der Waals surface area (Å²) in [6.07, 6.45) is 8.39. The number of halogens is 1. The van der Waals surface area contributed by atoms with E-state index in [1.54, 1.807) is 0 Å². The molecule has 4 nitrogen and oxygen atoms in total. The largest absolute Gasteiger partial charge is 0.463 e. The normalized spacial score (nSPS) is 56.8. The standard InChI is InChI=1S/C24H37ClO4/c1-13(29-14(2)26)17-4-5-18-16-10-20-21(27)12-23(19(16)7-8-22(17,18)3)9-6-15(25)11-24(20,23)28/h13,15-21,27-28H,4-12H2,1-3H3/t13?,15-,16-,17+,18-,19-,20-,21+,22+,23-,24-/m0/s1. The van der Waals surface area contributed by atoms with E-state index in [0.717, 1.165) is 44.9 Å². The monoisotopic (exact) mass is 424 g/mol. The van der Waals surface area contributed by atoms with Crippen molar-refractivity contribution in [2.24, 2.45) is 40.4 Å². The van der Waals surface area contributed by atoms with Crippen LogP contribution in [0, 0.1) is 40.4 Å². The van der Waals surface area contributed by atoms with Gasteiger partial charge in [0.15, 0.2) is 0 Å². The molecule has 5 rings (SSSR count). The minimum Gasteiger partial charge on any atom is -0.463 e. The molecule has 5 aliphatic carbocycles. The summed E-state index contributed by atoms with van der Waals surface area (Å²) in [5.74, 6) is 1.86. The molecule has 164 valence electrons. The first-order chi connectivity index (χ1) is 13.6. The molecule has 2 N–H and O–H groups in total.